The Hall–Kier alpha value is -1.46. The number of aryl methyl sites for hydroxylation is 1. The van der Waals surface area contributed by atoms with Gasteiger partial charge in [-0.25, -0.2) is 18.7 Å². The highest BCUT2D eigenvalue weighted by molar-refractivity contribution is 5.44. The molecule has 6 heteroatoms. The summed E-state index contributed by atoms with van der Waals surface area (Å²) in [5, 5.41) is 2.50. The maximum absolute atomic E-state index is 11.9. The maximum atomic E-state index is 11.9. The van der Waals surface area contributed by atoms with Crippen LogP contribution in [0.4, 0.5) is 20.4 Å². The minimum Gasteiger partial charge on any atom is -0.384 e. The lowest BCUT2D eigenvalue weighted by atomic mass is 10.3. The summed E-state index contributed by atoms with van der Waals surface area (Å²) >= 11 is 0. The van der Waals surface area contributed by atoms with Gasteiger partial charge in [0.05, 0.1) is 6.54 Å². The number of halogens is 2. The van der Waals surface area contributed by atoms with E-state index in [0.717, 1.165) is 6.42 Å². The number of nitrogens with zero attached hydrogens (tertiary/aromatic N) is 2. The molecule has 0 spiro atoms. The number of aromatic nitrogens is 2. The van der Waals surface area contributed by atoms with Crippen molar-refractivity contribution < 1.29 is 8.78 Å². The third-order valence-electron chi connectivity index (χ3n) is 1.70. The van der Waals surface area contributed by atoms with Crippen molar-refractivity contribution in [1.82, 2.24) is 9.97 Å². The van der Waals surface area contributed by atoms with Crippen molar-refractivity contribution in [3.8, 4) is 0 Å². The number of rotatable bonds is 5. The number of alkyl halides is 2. The fourth-order valence-electron chi connectivity index (χ4n) is 1.13. The van der Waals surface area contributed by atoms with Crippen LogP contribution in [-0.4, -0.2) is 22.9 Å². The molecule has 0 aliphatic rings. The van der Waals surface area contributed by atoms with E-state index in [1.54, 1.807) is 0 Å². The third-order valence-corrected chi connectivity index (χ3v) is 1.70. The largest absolute Gasteiger partial charge is 0.384 e. The molecule has 0 saturated heterocycles. The molecule has 0 bridgehead atoms. The molecule has 84 valence electrons. The van der Waals surface area contributed by atoms with Crippen LogP contribution in [0.3, 0.4) is 0 Å². The second kappa shape index (κ2) is 5.43. The van der Waals surface area contributed by atoms with Crippen molar-refractivity contribution in [2.24, 2.45) is 0 Å². The predicted molar refractivity (Wildman–Crippen MR) is 54.9 cm³/mol. The lowest BCUT2D eigenvalue weighted by molar-refractivity contribution is 0.163. The van der Waals surface area contributed by atoms with Gasteiger partial charge in [0, 0.05) is 12.5 Å². The Kier molecular flexibility index (Phi) is 4.20. The molecule has 0 radical (unpaired) electrons. The summed E-state index contributed by atoms with van der Waals surface area (Å²) in [6.07, 6.45) is -0.831. The van der Waals surface area contributed by atoms with Crippen LogP contribution in [0.1, 0.15) is 19.2 Å². The van der Waals surface area contributed by atoms with E-state index in [1.807, 2.05) is 6.92 Å². The van der Waals surface area contributed by atoms with Gasteiger partial charge in [-0.3, -0.25) is 0 Å². The first-order valence-electron chi connectivity index (χ1n) is 4.77. The molecule has 0 fully saturated rings. The van der Waals surface area contributed by atoms with E-state index in [4.69, 9.17) is 5.73 Å². The summed E-state index contributed by atoms with van der Waals surface area (Å²) in [5.41, 5.74) is 5.52. The molecule has 1 rings (SSSR count). The maximum Gasteiger partial charge on any atom is 0.255 e. The van der Waals surface area contributed by atoms with Crippen molar-refractivity contribution in [1.29, 1.82) is 0 Å². The molecule has 3 N–H and O–H groups in total. The highest BCUT2D eigenvalue weighted by Crippen LogP contribution is 2.10. The first-order valence-corrected chi connectivity index (χ1v) is 4.77. The van der Waals surface area contributed by atoms with E-state index in [-0.39, 0.29) is 0 Å². The van der Waals surface area contributed by atoms with Crippen LogP contribution in [0.2, 0.25) is 0 Å². The van der Waals surface area contributed by atoms with Gasteiger partial charge in [0.2, 0.25) is 0 Å². The second-order valence-electron chi connectivity index (χ2n) is 3.12. The molecule has 0 amide bonds. The molecule has 0 aromatic carbocycles. The van der Waals surface area contributed by atoms with Gasteiger partial charge < -0.3 is 11.1 Å². The zero-order valence-corrected chi connectivity index (χ0v) is 8.50. The van der Waals surface area contributed by atoms with E-state index in [1.165, 1.54) is 6.07 Å². The second-order valence-corrected chi connectivity index (χ2v) is 3.12. The van der Waals surface area contributed by atoms with Gasteiger partial charge in [-0.2, -0.15) is 0 Å². The first-order chi connectivity index (χ1) is 7.11. The monoisotopic (exact) mass is 216 g/mol. The van der Waals surface area contributed by atoms with Crippen LogP contribution in [0, 0.1) is 0 Å². The molecule has 1 aromatic rings. The molecule has 0 atom stereocenters. The number of nitrogen functional groups attached to an aromatic ring is 1. The van der Waals surface area contributed by atoms with E-state index in [9.17, 15) is 8.78 Å². The van der Waals surface area contributed by atoms with Gasteiger partial charge in [0.15, 0.2) is 0 Å². The van der Waals surface area contributed by atoms with Crippen LogP contribution in [-0.2, 0) is 6.42 Å². The number of nitrogens with two attached hydrogens (primary N) is 1. The van der Waals surface area contributed by atoms with E-state index < -0.39 is 13.0 Å². The van der Waals surface area contributed by atoms with Gasteiger partial charge in [-0.05, 0) is 6.42 Å². The average molecular weight is 216 g/mol. The van der Waals surface area contributed by atoms with Crippen molar-refractivity contribution in [2.45, 2.75) is 26.2 Å². The summed E-state index contributed by atoms with van der Waals surface area (Å²) in [7, 11) is 0. The molecule has 0 saturated carbocycles. The molecule has 1 aromatic heterocycles. The van der Waals surface area contributed by atoms with Crippen molar-refractivity contribution >= 4 is 11.6 Å². The summed E-state index contributed by atoms with van der Waals surface area (Å²) in [6.45, 7) is 1.56. The Morgan fingerprint density at radius 2 is 2.20 bits per heavy atom. The Morgan fingerprint density at radius 1 is 1.47 bits per heavy atom. The minimum atomic E-state index is -2.41. The van der Waals surface area contributed by atoms with Crippen LogP contribution >= 0.6 is 0 Å². The minimum absolute atomic E-state index is 0.296. The predicted octanol–water partition coefficient (Wildman–Crippen LogP) is 1.69. The smallest absolute Gasteiger partial charge is 0.255 e. The van der Waals surface area contributed by atoms with Crippen molar-refractivity contribution in [3.63, 3.8) is 0 Å². The highest BCUT2D eigenvalue weighted by Gasteiger charge is 2.05. The summed E-state index contributed by atoms with van der Waals surface area (Å²) in [6, 6.07) is 1.45. The highest BCUT2D eigenvalue weighted by atomic mass is 19.3. The quantitative estimate of drug-likeness (QED) is 0.786. The molecule has 0 aliphatic heterocycles. The van der Waals surface area contributed by atoms with E-state index in [2.05, 4.69) is 15.3 Å². The lowest BCUT2D eigenvalue weighted by Gasteiger charge is -2.07. The molecule has 0 aliphatic carbocycles. The van der Waals surface area contributed by atoms with Crippen molar-refractivity contribution in [2.75, 3.05) is 17.6 Å². The Bertz CT molecular complexity index is 317. The topological polar surface area (TPSA) is 63.8 Å². The van der Waals surface area contributed by atoms with Gasteiger partial charge >= 0.3 is 0 Å². The van der Waals surface area contributed by atoms with Crippen LogP contribution < -0.4 is 11.1 Å². The van der Waals surface area contributed by atoms with Crippen molar-refractivity contribution in [3.05, 3.63) is 11.9 Å². The third kappa shape index (κ3) is 4.05. The fraction of sp³-hybridized carbons (Fsp3) is 0.556. The molecular weight excluding hydrogens is 202 g/mol. The normalized spacial score (nSPS) is 10.7. The fourth-order valence-corrected chi connectivity index (χ4v) is 1.13. The number of hydrogen-bond acceptors (Lipinski definition) is 4. The van der Waals surface area contributed by atoms with Gasteiger partial charge in [0.25, 0.3) is 6.43 Å². The SMILES string of the molecule is CCCc1nc(N)cc(NCC(F)F)n1. The molecule has 1 heterocycles. The standard InChI is InChI=1S/C9H14F2N4/c1-2-3-8-14-7(12)4-9(15-8)13-5-6(10)11/h4,6H,2-3,5H2,1H3,(H3,12,13,14,15). The van der Waals surface area contributed by atoms with Crippen LogP contribution in [0.5, 0.6) is 0 Å². The first kappa shape index (κ1) is 11.6. The van der Waals surface area contributed by atoms with Gasteiger partial charge in [0.1, 0.15) is 17.5 Å². The number of nitrogens with one attached hydrogen (secondary N) is 1. The Morgan fingerprint density at radius 3 is 2.80 bits per heavy atom. The van der Waals surface area contributed by atoms with Gasteiger partial charge in [-0.15, -0.1) is 0 Å². The van der Waals surface area contributed by atoms with Crippen LogP contribution in [0.25, 0.3) is 0 Å². The Balaban J connectivity index is 2.70. The number of hydrogen-bond donors (Lipinski definition) is 2. The summed E-state index contributed by atoms with van der Waals surface area (Å²) in [4.78, 5) is 8.05. The van der Waals surface area contributed by atoms with Gasteiger partial charge in [-0.1, -0.05) is 6.92 Å². The molecule has 4 nitrogen and oxygen atoms in total. The average Bonchev–Trinajstić information content (AvgIpc) is 2.14. The summed E-state index contributed by atoms with van der Waals surface area (Å²) in [5.74, 6) is 1.23. The van der Waals surface area contributed by atoms with Crippen LogP contribution in [0.15, 0.2) is 6.07 Å². The van der Waals surface area contributed by atoms with E-state index >= 15 is 0 Å². The lowest BCUT2D eigenvalue weighted by Crippen LogP contribution is -2.13. The summed E-state index contributed by atoms with van der Waals surface area (Å²) < 4.78 is 23.9. The molecular formula is C9H14F2N4. The zero-order valence-electron chi connectivity index (χ0n) is 8.50. The zero-order chi connectivity index (χ0) is 11.3. The molecule has 15 heavy (non-hydrogen) atoms. The molecule has 0 unspecified atom stereocenters. The van der Waals surface area contributed by atoms with E-state index in [0.29, 0.717) is 23.9 Å². The number of anilines is 2. The Labute approximate surface area is 86.9 Å².